The predicted molar refractivity (Wildman–Crippen MR) is 124 cm³/mol. The van der Waals surface area contributed by atoms with Gasteiger partial charge in [-0.15, -0.1) is 0 Å². The molecule has 1 fully saturated rings. The normalized spacial score (nSPS) is 22.9. The number of nitrogens with zero attached hydrogens (tertiary/aromatic N) is 1. The molecule has 1 saturated heterocycles. The summed E-state index contributed by atoms with van der Waals surface area (Å²) in [6.07, 6.45) is 9.95. The molecule has 2 heteroatoms. The predicted octanol–water partition coefficient (Wildman–Crippen LogP) is 6.03. The second kappa shape index (κ2) is 7.59. The SMILES string of the molecule is C1=C(c2ccc3ccccc3c2)CC2CCC1N2CCOc1cccc2c1CCC2. The van der Waals surface area contributed by atoms with Crippen LogP contribution in [0.4, 0.5) is 0 Å². The lowest BCUT2D eigenvalue weighted by Crippen LogP contribution is -2.40. The first-order valence-electron chi connectivity index (χ1n) is 11.5. The van der Waals surface area contributed by atoms with Gasteiger partial charge in [0.1, 0.15) is 12.4 Å². The molecule has 30 heavy (non-hydrogen) atoms. The molecule has 3 aromatic rings. The summed E-state index contributed by atoms with van der Waals surface area (Å²) in [4.78, 5) is 2.69. The first-order valence-corrected chi connectivity index (χ1v) is 11.5. The van der Waals surface area contributed by atoms with Gasteiger partial charge in [-0.2, -0.15) is 0 Å². The van der Waals surface area contributed by atoms with E-state index in [1.54, 1.807) is 0 Å². The lowest BCUT2D eigenvalue weighted by molar-refractivity contribution is 0.168. The standard InChI is InChI=1S/C28H29NO/c1-2-6-22-17-23(12-11-20(22)5-1)24-18-25-13-14-26(19-24)29(25)15-16-30-28-10-4-8-21-7-3-9-27(21)28/h1-2,4-6,8,10-12,17-18,25-26H,3,7,9,13-16,19H2. The highest BCUT2D eigenvalue weighted by Crippen LogP contribution is 2.39. The number of aryl methyl sites for hydroxylation is 1. The summed E-state index contributed by atoms with van der Waals surface area (Å²) >= 11 is 0. The number of hydrogen-bond donors (Lipinski definition) is 0. The zero-order valence-corrected chi connectivity index (χ0v) is 17.5. The fraction of sp³-hybridized carbons (Fsp3) is 0.357. The molecule has 0 saturated carbocycles. The highest BCUT2D eigenvalue weighted by atomic mass is 16.5. The number of fused-ring (bicyclic) bond motifs is 4. The van der Waals surface area contributed by atoms with Gasteiger partial charge in [-0.3, -0.25) is 4.90 Å². The number of ether oxygens (including phenoxy) is 1. The molecule has 0 amide bonds. The minimum atomic E-state index is 0.565. The van der Waals surface area contributed by atoms with Crippen LogP contribution in [0.5, 0.6) is 5.75 Å². The van der Waals surface area contributed by atoms with Crippen molar-refractivity contribution in [3.05, 3.63) is 83.4 Å². The molecule has 2 bridgehead atoms. The molecule has 3 aromatic carbocycles. The Hall–Kier alpha value is -2.58. The van der Waals surface area contributed by atoms with Gasteiger partial charge in [0.2, 0.25) is 0 Å². The quantitative estimate of drug-likeness (QED) is 0.523. The van der Waals surface area contributed by atoms with E-state index in [2.05, 4.69) is 71.6 Å². The molecule has 2 atom stereocenters. The lowest BCUT2D eigenvalue weighted by atomic mass is 9.93. The van der Waals surface area contributed by atoms with Crippen molar-refractivity contribution in [3.63, 3.8) is 0 Å². The van der Waals surface area contributed by atoms with Gasteiger partial charge in [0.25, 0.3) is 0 Å². The van der Waals surface area contributed by atoms with Crippen molar-refractivity contribution in [1.29, 1.82) is 0 Å². The molecule has 0 aromatic heterocycles. The summed E-state index contributed by atoms with van der Waals surface area (Å²) in [6, 6.07) is 23.4. The maximum absolute atomic E-state index is 6.27. The third-order valence-electron chi connectivity index (χ3n) is 7.37. The van der Waals surface area contributed by atoms with E-state index < -0.39 is 0 Å². The van der Waals surface area contributed by atoms with Gasteiger partial charge in [0, 0.05) is 18.6 Å². The molecule has 0 radical (unpaired) electrons. The highest BCUT2D eigenvalue weighted by molar-refractivity contribution is 5.86. The average Bonchev–Trinajstić information content (AvgIpc) is 3.35. The molecule has 6 rings (SSSR count). The van der Waals surface area contributed by atoms with Crippen molar-refractivity contribution in [3.8, 4) is 5.75 Å². The van der Waals surface area contributed by atoms with E-state index in [-0.39, 0.29) is 0 Å². The molecule has 2 heterocycles. The number of hydrogen-bond acceptors (Lipinski definition) is 2. The van der Waals surface area contributed by atoms with Crippen molar-refractivity contribution in [1.82, 2.24) is 4.90 Å². The van der Waals surface area contributed by atoms with Crippen LogP contribution in [0.25, 0.3) is 16.3 Å². The van der Waals surface area contributed by atoms with Gasteiger partial charge >= 0.3 is 0 Å². The fourth-order valence-electron chi connectivity index (χ4n) is 5.85. The second-order valence-electron chi connectivity index (χ2n) is 9.09. The van der Waals surface area contributed by atoms with Gasteiger partial charge in [-0.05, 0) is 83.7 Å². The molecule has 2 aliphatic heterocycles. The third kappa shape index (κ3) is 3.24. The lowest BCUT2D eigenvalue weighted by Gasteiger charge is -2.34. The van der Waals surface area contributed by atoms with Crippen LogP contribution >= 0.6 is 0 Å². The Bertz CT molecular complexity index is 1110. The summed E-state index contributed by atoms with van der Waals surface area (Å²) in [6.45, 7) is 1.82. The zero-order chi connectivity index (χ0) is 19.9. The first kappa shape index (κ1) is 18.2. The van der Waals surface area contributed by atoms with E-state index in [1.165, 1.54) is 65.1 Å². The second-order valence-corrected chi connectivity index (χ2v) is 9.09. The smallest absolute Gasteiger partial charge is 0.122 e. The van der Waals surface area contributed by atoms with Crippen LogP contribution in [0, 0.1) is 0 Å². The topological polar surface area (TPSA) is 12.5 Å². The van der Waals surface area contributed by atoms with Gasteiger partial charge in [-0.1, -0.05) is 54.6 Å². The molecule has 2 unspecified atom stereocenters. The largest absolute Gasteiger partial charge is 0.492 e. The highest BCUT2D eigenvalue weighted by Gasteiger charge is 2.36. The van der Waals surface area contributed by atoms with Crippen LogP contribution in [-0.2, 0) is 12.8 Å². The molecule has 152 valence electrons. The van der Waals surface area contributed by atoms with E-state index in [9.17, 15) is 0 Å². The van der Waals surface area contributed by atoms with Gasteiger partial charge in [-0.25, -0.2) is 0 Å². The first-order chi connectivity index (χ1) is 14.8. The van der Waals surface area contributed by atoms with Gasteiger partial charge in [0.15, 0.2) is 0 Å². The summed E-state index contributed by atoms with van der Waals surface area (Å²) < 4.78 is 6.27. The molecule has 1 aliphatic carbocycles. The van der Waals surface area contributed by atoms with E-state index in [0.717, 1.165) is 25.3 Å². The minimum absolute atomic E-state index is 0.565. The summed E-state index contributed by atoms with van der Waals surface area (Å²) in [5.41, 5.74) is 5.89. The van der Waals surface area contributed by atoms with Gasteiger partial charge in [0.05, 0.1) is 0 Å². The fourth-order valence-corrected chi connectivity index (χ4v) is 5.85. The van der Waals surface area contributed by atoms with Gasteiger partial charge < -0.3 is 4.74 Å². The summed E-state index contributed by atoms with van der Waals surface area (Å²) in [5.74, 6) is 1.13. The van der Waals surface area contributed by atoms with Crippen molar-refractivity contribution in [2.24, 2.45) is 0 Å². The Morgan fingerprint density at radius 3 is 2.77 bits per heavy atom. The van der Waals surface area contributed by atoms with Crippen molar-refractivity contribution < 1.29 is 4.74 Å². The van der Waals surface area contributed by atoms with E-state index >= 15 is 0 Å². The number of rotatable bonds is 5. The van der Waals surface area contributed by atoms with E-state index in [1.807, 2.05) is 0 Å². The van der Waals surface area contributed by atoms with Crippen molar-refractivity contribution >= 4 is 16.3 Å². The van der Waals surface area contributed by atoms with Crippen LogP contribution in [0.15, 0.2) is 66.7 Å². The summed E-state index contributed by atoms with van der Waals surface area (Å²) in [5, 5.41) is 2.67. The minimum Gasteiger partial charge on any atom is -0.492 e. The third-order valence-corrected chi connectivity index (χ3v) is 7.37. The Balaban J connectivity index is 1.15. The summed E-state index contributed by atoms with van der Waals surface area (Å²) in [7, 11) is 0. The van der Waals surface area contributed by atoms with Crippen LogP contribution < -0.4 is 4.74 Å². The molecule has 2 nitrogen and oxygen atoms in total. The molecular weight excluding hydrogens is 366 g/mol. The van der Waals surface area contributed by atoms with Crippen LogP contribution in [0.3, 0.4) is 0 Å². The Kier molecular flexibility index (Phi) is 4.61. The monoisotopic (exact) mass is 395 g/mol. The Labute approximate surface area is 179 Å². The Morgan fingerprint density at radius 2 is 1.83 bits per heavy atom. The van der Waals surface area contributed by atoms with Crippen LogP contribution in [0.2, 0.25) is 0 Å². The molecule has 0 N–H and O–H groups in total. The number of benzene rings is 3. The molecular formula is C28H29NO. The van der Waals surface area contributed by atoms with Crippen LogP contribution in [0.1, 0.15) is 42.4 Å². The van der Waals surface area contributed by atoms with Crippen molar-refractivity contribution in [2.45, 2.75) is 50.6 Å². The van der Waals surface area contributed by atoms with Crippen molar-refractivity contribution in [2.75, 3.05) is 13.2 Å². The average molecular weight is 396 g/mol. The zero-order valence-electron chi connectivity index (χ0n) is 17.5. The molecule has 3 aliphatic rings. The maximum atomic E-state index is 6.27. The molecule has 0 spiro atoms. The maximum Gasteiger partial charge on any atom is 0.122 e. The van der Waals surface area contributed by atoms with E-state index in [0.29, 0.717) is 12.1 Å². The van der Waals surface area contributed by atoms with E-state index in [4.69, 9.17) is 4.74 Å². The Morgan fingerprint density at radius 1 is 0.900 bits per heavy atom. The van der Waals surface area contributed by atoms with Crippen LogP contribution in [-0.4, -0.2) is 30.1 Å².